The number of aromatic amines is 1. The minimum Gasteiger partial charge on any atom is -0.392 e. The molecule has 0 aliphatic heterocycles. The van der Waals surface area contributed by atoms with E-state index in [1.807, 2.05) is 0 Å². The second-order valence-corrected chi connectivity index (χ2v) is 4.97. The van der Waals surface area contributed by atoms with Gasteiger partial charge >= 0.3 is 5.69 Å². The van der Waals surface area contributed by atoms with Gasteiger partial charge < -0.3 is 20.7 Å². The van der Waals surface area contributed by atoms with E-state index >= 15 is 0 Å². The quantitative estimate of drug-likeness (QED) is 0.474. The molecule has 0 aliphatic carbocycles. The summed E-state index contributed by atoms with van der Waals surface area (Å²) in [6.45, 7) is 3.42. The third kappa shape index (κ3) is 3.14. The van der Waals surface area contributed by atoms with E-state index in [-0.39, 0.29) is 0 Å². The number of fused-ring (bicyclic) bond motifs is 1. The van der Waals surface area contributed by atoms with Gasteiger partial charge in [0.2, 0.25) is 5.95 Å². The molecule has 0 radical (unpaired) electrons. The average molecular weight is 296 g/mol. The second-order valence-electron chi connectivity index (χ2n) is 4.97. The van der Waals surface area contributed by atoms with Crippen molar-refractivity contribution in [3.8, 4) is 0 Å². The SMILES string of the molecule is CC(O)CNCCNc1nc2c([nH]1)c(=O)n(C)c(=O)n2C. The smallest absolute Gasteiger partial charge is 0.332 e. The average Bonchev–Trinajstić information content (AvgIpc) is 2.86. The molecular weight excluding hydrogens is 276 g/mol. The molecule has 0 aromatic carbocycles. The first kappa shape index (κ1) is 15.3. The number of imidazole rings is 1. The molecule has 116 valence electrons. The zero-order valence-electron chi connectivity index (χ0n) is 12.3. The topological polar surface area (TPSA) is 117 Å². The van der Waals surface area contributed by atoms with Crippen molar-refractivity contribution in [2.45, 2.75) is 13.0 Å². The number of nitrogens with one attached hydrogen (secondary N) is 3. The minimum atomic E-state index is -0.413. The van der Waals surface area contributed by atoms with Crippen LogP contribution in [0.25, 0.3) is 11.2 Å². The molecule has 0 bridgehead atoms. The summed E-state index contributed by atoms with van der Waals surface area (Å²) in [6.07, 6.45) is -0.395. The summed E-state index contributed by atoms with van der Waals surface area (Å²) in [7, 11) is 3.00. The van der Waals surface area contributed by atoms with Crippen LogP contribution in [0.4, 0.5) is 5.95 Å². The third-order valence-corrected chi connectivity index (χ3v) is 3.13. The lowest BCUT2D eigenvalue weighted by Gasteiger charge is -2.06. The predicted octanol–water partition coefficient (Wildman–Crippen LogP) is -1.66. The molecule has 1 atom stereocenters. The Balaban J connectivity index is 2.13. The molecule has 2 rings (SSSR count). The molecule has 9 heteroatoms. The number of aliphatic hydroxyl groups excluding tert-OH is 1. The zero-order valence-corrected chi connectivity index (χ0v) is 12.3. The maximum atomic E-state index is 12.0. The van der Waals surface area contributed by atoms with Gasteiger partial charge in [0.25, 0.3) is 5.56 Å². The van der Waals surface area contributed by atoms with Crippen LogP contribution in [0, 0.1) is 0 Å². The van der Waals surface area contributed by atoms with Gasteiger partial charge in [0.1, 0.15) is 0 Å². The van der Waals surface area contributed by atoms with Crippen molar-refractivity contribution in [2.24, 2.45) is 14.1 Å². The highest BCUT2D eigenvalue weighted by molar-refractivity contribution is 5.72. The molecule has 2 aromatic rings. The lowest BCUT2D eigenvalue weighted by molar-refractivity contribution is 0.192. The van der Waals surface area contributed by atoms with Crippen LogP contribution in [0.15, 0.2) is 9.59 Å². The molecule has 4 N–H and O–H groups in total. The van der Waals surface area contributed by atoms with Crippen molar-refractivity contribution in [3.63, 3.8) is 0 Å². The summed E-state index contributed by atoms with van der Waals surface area (Å²) in [5, 5.41) is 15.2. The summed E-state index contributed by atoms with van der Waals surface area (Å²) in [4.78, 5) is 30.9. The fourth-order valence-corrected chi connectivity index (χ4v) is 1.99. The molecule has 0 amide bonds. The highest BCUT2D eigenvalue weighted by Gasteiger charge is 2.12. The van der Waals surface area contributed by atoms with Crippen molar-refractivity contribution in [1.82, 2.24) is 24.4 Å². The van der Waals surface area contributed by atoms with E-state index in [4.69, 9.17) is 5.11 Å². The first-order chi connectivity index (χ1) is 9.91. The highest BCUT2D eigenvalue weighted by Crippen LogP contribution is 2.07. The lowest BCUT2D eigenvalue weighted by atomic mass is 10.4. The lowest BCUT2D eigenvalue weighted by Crippen LogP contribution is -2.36. The Bertz CT molecular complexity index is 742. The van der Waals surface area contributed by atoms with Crippen molar-refractivity contribution in [2.75, 3.05) is 25.0 Å². The summed E-state index contributed by atoms with van der Waals surface area (Å²) < 4.78 is 2.36. The van der Waals surface area contributed by atoms with Crippen LogP contribution in [-0.4, -0.2) is 49.9 Å². The number of anilines is 1. The summed E-state index contributed by atoms with van der Waals surface area (Å²) in [5.74, 6) is 0.433. The fourth-order valence-electron chi connectivity index (χ4n) is 1.99. The van der Waals surface area contributed by atoms with Gasteiger partial charge in [-0.15, -0.1) is 0 Å². The molecule has 21 heavy (non-hydrogen) atoms. The maximum Gasteiger partial charge on any atom is 0.332 e. The molecule has 2 aromatic heterocycles. The van der Waals surface area contributed by atoms with Crippen LogP contribution in [0.5, 0.6) is 0 Å². The van der Waals surface area contributed by atoms with Crippen LogP contribution < -0.4 is 21.9 Å². The van der Waals surface area contributed by atoms with Gasteiger partial charge in [-0.3, -0.25) is 13.9 Å². The molecule has 0 fully saturated rings. The standard InChI is InChI=1S/C12H20N6O3/c1-7(19)6-13-4-5-14-11-15-8-9(16-11)17(2)12(21)18(3)10(8)20/h7,13,19H,4-6H2,1-3H3,(H2,14,15,16). The summed E-state index contributed by atoms with van der Waals surface area (Å²) in [6, 6.07) is 0. The maximum absolute atomic E-state index is 12.0. The number of aryl methyl sites for hydroxylation is 1. The van der Waals surface area contributed by atoms with E-state index in [0.29, 0.717) is 36.7 Å². The molecular formula is C12H20N6O3. The van der Waals surface area contributed by atoms with Gasteiger partial charge in [-0.2, -0.15) is 4.98 Å². The molecule has 2 heterocycles. The van der Waals surface area contributed by atoms with Gasteiger partial charge in [0.05, 0.1) is 6.10 Å². The third-order valence-electron chi connectivity index (χ3n) is 3.13. The van der Waals surface area contributed by atoms with E-state index in [9.17, 15) is 9.59 Å². The zero-order chi connectivity index (χ0) is 15.6. The number of nitrogens with zero attached hydrogens (tertiary/aromatic N) is 3. The molecule has 1 unspecified atom stereocenters. The van der Waals surface area contributed by atoms with Crippen molar-refractivity contribution in [3.05, 3.63) is 20.8 Å². The monoisotopic (exact) mass is 296 g/mol. The Hall–Kier alpha value is -2.13. The minimum absolute atomic E-state index is 0.291. The van der Waals surface area contributed by atoms with E-state index in [0.717, 1.165) is 4.57 Å². The number of hydrogen-bond donors (Lipinski definition) is 4. The first-order valence-corrected chi connectivity index (χ1v) is 6.70. The molecule has 0 spiro atoms. The molecule has 0 aliphatic rings. The predicted molar refractivity (Wildman–Crippen MR) is 79.6 cm³/mol. The Morgan fingerprint density at radius 3 is 2.67 bits per heavy atom. The molecule has 9 nitrogen and oxygen atoms in total. The summed E-state index contributed by atoms with van der Waals surface area (Å²) in [5.41, 5.74) is -0.202. The van der Waals surface area contributed by atoms with Crippen LogP contribution in [0.1, 0.15) is 6.92 Å². The van der Waals surface area contributed by atoms with Gasteiger partial charge in [-0.1, -0.05) is 0 Å². The normalized spacial score (nSPS) is 12.8. The van der Waals surface area contributed by atoms with Crippen LogP contribution in [0.2, 0.25) is 0 Å². The largest absolute Gasteiger partial charge is 0.392 e. The summed E-state index contributed by atoms with van der Waals surface area (Å²) >= 11 is 0. The van der Waals surface area contributed by atoms with Crippen LogP contribution >= 0.6 is 0 Å². The number of rotatable bonds is 6. The first-order valence-electron chi connectivity index (χ1n) is 6.70. The van der Waals surface area contributed by atoms with E-state index in [1.165, 1.54) is 11.6 Å². The van der Waals surface area contributed by atoms with Gasteiger partial charge in [0.15, 0.2) is 11.2 Å². The second kappa shape index (κ2) is 6.10. The number of aliphatic hydroxyl groups is 1. The Labute approximate surface area is 120 Å². The number of H-pyrrole nitrogens is 1. The van der Waals surface area contributed by atoms with E-state index in [1.54, 1.807) is 14.0 Å². The molecule has 0 saturated heterocycles. The Morgan fingerprint density at radius 1 is 1.29 bits per heavy atom. The van der Waals surface area contributed by atoms with Gasteiger partial charge in [-0.05, 0) is 6.92 Å². The van der Waals surface area contributed by atoms with Crippen molar-refractivity contribution < 1.29 is 5.11 Å². The van der Waals surface area contributed by atoms with Gasteiger partial charge in [-0.25, -0.2) is 4.79 Å². The van der Waals surface area contributed by atoms with Gasteiger partial charge in [0, 0.05) is 33.7 Å². The van der Waals surface area contributed by atoms with Crippen molar-refractivity contribution >= 4 is 17.1 Å². The van der Waals surface area contributed by atoms with E-state index in [2.05, 4.69) is 20.6 Å². The highest BCUT2D eigenvalue weighted by atomic mass is 16.3. The van der Waals surface area contributed by atoms with E-state index < -0.39 is 17.4 Å². The number of hydrogen-bond acceptors (Lipinski definition) is 6. The Morgan fingerprint density at radius 2 is 2.00 bits per heavy atom. The van der Waals surface area contributed by atoms with Crippen LogP contribution in [-0.2, 0) is 14.1 Å². The van der Waals surface area contributed by atoms with Crippen LogP contribution in [0.3, 0.4) is 0 Å². The molecule has 0 saturated carbocycles. The Kier molecular flexibility index (Phi) is 4.43. The number of aromatic nitrogens is 4. The fraction of sp³-hybridized carbons (Fsp3) is 0.583. The van der Waals surface area contributed by atoms with Crippen molar-refractivity contribution in [1.29, 1.82) is 0 Å².